The Bertz CT molecular complexity index is 1350. The lowest BCUT2D eigenvalue weighted by Gasteiger charge is -2.13. The highest BCUT2D eigenvalue weighted by Crippen LogP contribution is 2.19. The van der Waals surface area contributed by atoms with Gasteiger partial charge in [-0.1, -0.05) is 71.9 Å². The maximum atomic E-state index is 13.3. The van der Waals surface area contributed by atoms with Crippen molar-refractivity contribution in [3.05, 3.63) is 99.8 Å². The van der Waals surface area contributed by atoms with E-state index >= 15 is 0 Å². The second-order valence-corrected chi connectivity index (χ2v) is 8.85. The molecule has 4 aromatic rings. The summed E-state index contributed by atoms with van der Waals surface area (Å²) < 4.78 is 7.34. The van der Waals surface area contributed by atoms with E-state index in [0.717, 1.165) is 39.7 Å². The first kappa shape index (κ1) is 23.6. The van der Waals surface area contributed by atoms with Gasteiger partial charge in [0.1, 0.15) is 5.75 Å². The molecule has 174 valence electrons. The number of carbonyl (C=O) groups excluding carboxylic acids is 1. The number of fused-ring (bicyclic) bond motifs is 1. The Morgan fingerprint density at radius 2 is 1.76 bits per heavy atom. The average molecular weight is 474 g/mol. The van der Waals surface area contributed by atoms with E-state index in [1.54, 1.807) is 4.57 Å². The van der Waals surface area contributed by atoms with Crippen LogP contribution in [0.4, 0.5) is 0 Å². The van der Waals surface area contributed by atoms with Gasteiger partial charge in [0.15, 0.2) is 5.03 Å². The van der Waals surface area contributed by atoms with Gasteiger partial charge in [0.05, 0.1) is 29.9 Å². The van der Waals surface area contributed by atoms with E-state index in [0.29, 0.717) is 24.7 Å². The van der Waals surface area contributed by atoms with Crippen LogP contribution in [0.5, 0.6) is 5.75 Å². The van der Waals surface area contributed by atoms with Crippen LogP contribution in [0.3, 0.4) is 0 Å². The third-order valence-corrected chi connectivity index (χ3v) is 6.32. The number of hydrogen-bond donors (Lipinski definition) is 1. The van der Waals surface area contributed by atoms with Gasteiger partial charge in [-0.25, -0.2) is 4.98 Å². The van der Waals surface area contributed by atoms with Crippen molar-refractivity contribution in [2.45, 2.75) is 32.0 Å². The summed E-state index contributed by atoms with van der Waals surface area (Å²) in [5.41, 5.74) is 4.41. The normalized spacial score (nSPS) is 10.9. The van der Waals surface area contributed by atoms with Crippen LogP contribution in [0.25, 0.3) is 11.0 Å². The van der Waals surface area contributed by atoms with Gasteiger partial charge in [0.25, 0.3) is 5.56 Å². The molecule has 1 amide bonds. The van der Waals surface area contributed by atoms with E-state index in [2.05, 4.69) is 10.3 Å². The summed E-state index contributed by atoms with van der Waals surface area (Å²) >= 11 is 1.16. The van der Waals surface area contributed by atoms with Crippen LogP contribution in [0.1, 0.15) is 23.6 Å². The Balaban J connectivity index is 1.50. The van der Waals surface area contributed by atoms with E-state index in [9.17, 15) is 9.59 Å². The van der Waals surface area contributed by atoms with Gasteiger partial charge in [0, 0.05) is 12.1 Å². The lowest BCUT2D eigenvalue weighted by atomic mass is 10.1. The molecule has 1 N–H and O–H groups in total. The largest absolute Gasteiger partial charge is 0.494 e. The third kappa shape index (κ3) is 5.66. The number of benzene rings is 3. The molecule has 1 heterocycles. The number of carbonyl (C=O) groups is 1. The quantitative estimate of drug-likeness (QED) is 0.361. The first-order valence-corrected chi connectivity index (χ1v) is 12.2. The number of amides is 1. The summed E-state index contributed by atoms with van der Waals surface area (Å²) in [6.07, 6.45) is 0. The molecule has 4 rings (SSSR count). The molecular formula is C27H27N3O3S. The molecule has 7 heteroatoms. The molecule has 0 radical (unpaired) electrons. The van der Waals surface area contributed by atoms with Crippen LogP contribution >= 0.6 is 11.8 Å². The summed E-state index contributed by atoms with van der Waals surface area (Å²) in [4.78, 5) is 30.4. The zero-order valence-electron chi connectivity index (χ0n) is 19.3. The number of thioether (sulfide) groups is 1. The summed E-state index contributed by atoms with van der Waals surface area (Å²) in [7, 11) is 0. The smallest absolute Gasteiger partial charge is 0.283 e. The maximum Gasteiger partial charge on any atom is 0.283 e. The zero-order chi connectivity index (χ0) is 23.9. The molecule has 0 saturated carbocycles. The fourth-order valence-corrected chi connectivity index (χ4v) is 4.39. The number of rotatable bonds is 9. The lowest BCUT2D eigenvalue weighted by Crippen LogP contribution is -2.27. The molecule has 0 spiro atoms. The molecule has 0 aliphatic rings. The van der Waals surface area contributed by atoms with Crippen molar-refractivity contribution in [1.82, 2.24) is 14.9 Å². The highest BCUT2D eigenvalue weighted by molar-refractivity contribution is 7.99. The molecule has 0 aliphatic carbocycles. The topological polar surface area (TPSA) is 73.2 Å². The van der Waals surface area contributed by atoms with Gasteiger partial charge in [-0.05, 0) is 37.6 Å². The van der Waals surface area contributed by atoms with E-state index in [1.807, 2.05) is 86.6 Å². The molecule has 0 bridgehead atoms. The van der Waals surface area contributed by atoms with Gasteiger partial charge < -0.3 is 10.1 Å². The molecule has 3 aromatic carbocycles. The van der Waals surface area contributed by atoms with Gasteiger partial charge in [-0.15, -0.1) is 0 Å². The van der Waals surface area contributed by atoms with Crippen molar-refractivity contribution < 1.29 is 9.53 Å². The first-order valence-electron chi connectivity index (χ1n) is 11.2. The van der Waals surface area contributed by atoms with Crippen molar-refractivity contribution in [2.75, 3.05) is 12.4 Å². The monoisotopic (exact) mass is 473 g/mol. The number of hydrogen-bond acceptors (Lipinski definition) is 5. The minimum absolute atomic E-state index is 0.0991. The summed E-state index contributed by atoms with van der Waals surface area (Å²) in [5, 5.41) is 3.22. The number of para-hydroxylation sites is 3. The third-order valence-electron chi connectivity index (χ3n) is 5.37. The van der Waals surface area contributed by atoms with E-state index in [1.165, 1.54) is 5.56 Å². The molecule has 0 atom stereocenters. The van der Waals surface area contributed by atoms with Gasteiger partial charge >= 0.3 is 0 Å². The number of nitrogens with one attached hydrogen (secondary N) is 1. The van der Waals surface area contributed by atoms with Crippen molar-refractivity contribution in [2.24, 2.45) is 0 Å². The lowest BCUT2D eigenvalue weighted by molar-refractivity contribution is -0.118. The second-order valence-electron chi connectivity index (χ2n) is 7.89. The van der Waals surface area contributed by atoms with E-state index in [4.69, 9.17) is 4.74 Å². The van der Waals surface area contributed by atoms with Crippen LogP contribution < -0.4 is 15.6 Å². The Labute approximate surface area is 203 Å². The van der Waals surface area contributed by atoms with Crippen molar-refractivity contribution in [1.29, 1.82) is 0 Å². The molecular weight excluding hydrogens is 446 g/mol. The van der Waals surface area contributed by atoms with Gasteiger partial charge in [0.2, 0.25) is 5.91 Å². The van der Waals surface area contributed by atoms with E-state index < -0.39 is 0 Å². The number of nitrogens with zero attached hydrogens (tertiary/aromatic N) is 2. The van der Waals surface area contributed by atoms with E-state index in [-0.39, 0.29) is 17.2 Å². The molecule has 1 aromatic heterocycles. The summed E-state index contributed by atoms with van der Waals surface area (Å²) in [6, 6.07) is 23.3. The second kappa shape index (κ2) is 11.0. The van der Waals surface area contributed by atoms with Crippen molar-refractivity contribution in [3.63, 3.8) is 0 Å². The SMILES string of the molecule is CCOc1ccccc1CNC(=O)CSc1nc2ccccc2n(Cc2ccc(C)cc2)c1=O. The van der Waals surface area contributed by atoms with Crippen LogP contribution in [-0.4, -0.2) is 27.8 Å². The standard InChI is InChI=1S/C27H27N3O3S/c1-3-33-24-11-7-4-8-21(24)16-28-25(31)18-34-26-27(32)30(17-20-14-12-19(2)13-15-20)23-10-6-5-9-22(23)29-26/h4-15H,3,16-18H2,1-2H3,(H,28,31). The van der Waals surface area contributed by atoms with Crippen LogP contribution in [0.2, 0.25) is 0 Å². The van der Waals surface area contributed by atoms with Crippen LogP contribution in [0, 0.1) is 6.92 Å². The fraction of sp³-hybridized carbons (Fsp3) is 0.222. The Morgan fingerprint density at radius 1 is 1.03 bits per heavy atom. The number of aromatic nitrogens is 2. The highest BCUT2D eigenvalue weighted by atomic mass is 32.2. The fourth-order valence-electron chi connectivity index (χ4n) is 3.62. The zero-order valence-corrected chi connectivity index (χ0v) is 20.1. The number of ether oxygens (including phenoxy) is 1. The molecule has 34 heavy (non-hydrogen) atoms. The predicted molar refractivity (Wildman–Crippen MR) is 136 cm³/mol. The molecule has 0 saturated heterocycles. The molecule has 0 fully saturated rings. The predicted octanol–water partition coefficient (Wildman–Crippen LogP) is 4.56. The highest BCUT2D eigenvalue weighted by Gasteiger charge is 2.14. The average Bonchev–Trinajstić information content (AvgIpc) is 2.85. The van der Waals surface area contributed by atoms with Crippen molar-refractivity contribution in [3.8, 4) is 5.75 Å². The van der Waals surface area contributed by atoms with Gasteiger partial charge in [-0.2, -0.15) is 0 Å². The van der Waals surface area contributed by atoms with Crippen LogP contribution in [-0.2, 0) is 17.9 Å². The van der Waals surface area contributed by atoms with Crippen molar-refractivity contribution >= 4 is 28.7 Å². The van der Waals surface area contributed by atoms with Gasteiger partial charge in [-0.3, -0.25) is 14.2 Å². The Kier molecular flexibility index (Phi) is 7.65. The summed E-state index contributed by atoms with van der Waals surface area (Å²) in [6.45, 7) is 5.32. The maximum absolute atomic E-state index is 13.3. The molecule has 0 aliphatic heterocycles. The minimum atomic E-state index is -0.196. The number of aryl methyl sites for hydroxylation is 1. The van der Waals surface area contributed by atoms with Crippen LogP contribution in [0.15, 0.2) is 82.6 Å². The molecule has 6 nitrogen and oxygen atoms in total. The summed E-state index contributed by atoms with van der Waals surface area (Å²) in [5.74, 6) is 0.686. The Hall–Kier alpha value is -3.58. The minimum Gasteiger partial charge on any atom is -0.494 e. The first-order chi connectivity index (χ1) is 16.5. The Morgan fingerprint density at radius 3 is 2.56 bits per heavy atom. The molecule has 0 unspecified atom stereocenters.